The molecule has 0 aromatic heterocycles. The first-order valence-corrected chi connectivity index (χ1v) is 16.8. The molecule has 0 saturated carbocycles. The van der Waals surface area contributed by atoms with Crippen molar-refractivity contribution in [1.82, 2.24) is 20.4 Å². The Balaban J connectivity index is 1.50. The Labute approximate surface area is 286 Å². The zero-order valence-corrected chi connectivity index (χ0v) is 29.3. The van der Waals surface area contributed by atoms with E-state index in [-0.39, 0.29) is 48.9 Å². The average molecular weight is 676 g/mol. The normalized spacial score (nSPS) is 24.2. The number of esters is 1. The number of benzene rings is 2. The molecular formula is C36H45N5O8. The Kier molecular flexibility index (Phi) is 9.15. The van der Waals surface area contributed by atoms with E-state index in [4.69, 9.17) is 18.9 Å². The van der Waals surface area contributed by atoms with Crippen molar-refractivity contribution in [2.45, 2.75) is 97.1 Å². The van der Waals surface area contributed by atoms with Crippen LogP contribution in [0.25, 0.3) is 0 Å². The van der Waals surface area contributed by atoms with Crippen LogP contribution in [0.1, 0.15) is 79.6 Å². The minimum absolute atomic E-state index is 0.0381. The molecule has 6 rings (SSSR count). The Hall–Kier alpha value is -4.54. The zero-order chi connectivity index (χ0) is 35.5. The average Bonchev–Trinajstić information content (AvgIpc) is 3.52. The first-order chi connectivity index (χ1) is 23.3. The van der Waals surface area contributed by atoms with Crippen LogP contribution in [0, 0.1) is 31.1 Å². The molecule has 4 aliphatic rings. The molecule has 1 saturated heterocycles. The summed E-state index contributed by atoms with van der Waals surface area (Å²) in [5, 5.41) is 28.4. The summed E-state index contributed by atoms with van der Waals surface area (Å²) < 4.78 is 23.5. The van der Waals surface area contributed by atoms with Gasteiger partial charge in [0.1, 0.15) is 17.8 Å². The highest BCUT2D eigenvalue weighted by atomic mass is 16.7. The van der Waals surface area contributed by atoms with E-state index in [1.807, 2.05) is 40.8 Å². The highest BCUT2D eigenvalue weighted by Gasteiger charge is 2.57. The number of likely N-dealkylation sites (N-methyl/N-ethyl adjacent to an activating group) is 1. The predicted molar refractivity (Wildman–Crippen MR) is 178 cm³/mol. The topological polar surface area (TPSA) is 163 Å². The Bertz CT molecular complexity index is 1750. The monoisotopic (exact) mass is 675 g/mol. The second kappa shape index (κ2) is 13.1. The van der Waals surface area contributed by atoms with Gasteiger partial charge in [-0.25, -0.2) is 0 Å². The number of rotatable bonds is 8. The summed E-state index contributed by atoms with van der Waals surface area (Å²) in [5.41, 5.74) is 4.49. The molecule has 2 amide bonds. The fourth-order valence-electron chi connectivity index (χ4n) is 8.40. The summed E-state index contributed by atoms with van der Waals surface area (Å²) in [4.78, 5) is 42.8. The molecule has 2 aromatic carbocycles. The molecule has 49 heavy (non-hydrogen) atoms. The van der Waals surface area contributed by atoms with E-state index in [1.165, 1.54) is 14.0 Å². The second-order valence-electron chi connectivity index (χ2n) is 14.0. The fraction of sp³-hybridized carbons (Fsp3) is 0.556. The summed E-state index contributed by atoms with van der Waals surface area (Å²) in [7, 11) is 3.50. The number of piperazine rings is 1. The maximum atomic E-state index is 13.5. The van der Waals surface area contributed by atoms with Gasteiger partial charge in [0, 0.05) is 54.2 Å². The van der Waals surface area contributed by atoms with E-state index >= 15 is 0 Å². The van der Waals surface area contributed by atoms with Crippen molar-refractivity contribution < 1.29 is 38.4 Å². The number of nitrogens with zero attached hydrogens (tertiary/aromatic N) is 3. The standard InChI is InChI=1S/C36H45N5O8/c1-16(2)9-27(43)39-19(5)36(45)38-14-26-29-22(33(49-20(6)42)18(4)34-35(29)48-15-47-34)12-24-30-28-21(10-17(3)32(46-8)31(28)44)11-23(40(30)7)25(13-37)41(24)26/h10,16,19,23-26,30,44H,9,11-12,14-15H2,1-8H3,(H,38,45)(H,39,43)/t19-,23-,24?,25+,26+,30+/m1/s1. The van der Waals surface area contributed by atoms with Crippen LogP contribution in [0.4, 0.5) is 0 Å². The van der Waals surface area contributed by atoms with Crippen molar-refractivity contribution >= 4 is 17.8 Å². The Morgan fingerprint density at radius 2 is 1.82 bits per heavy atom. The lowest BCUT2D eigenvalue weighted by molar-refractivity contribution is -0.132. The first-order valence-electron chi connectivity index (χ1n) is 16.8. The van der Waals surface area contributed by atoms with Gasteiger partial charge in [0.05, 0.1) is 25.3 Å². The molecule has 3 N–H and O–H groups in total. The van der Waals surface area contributed by atoms with Gasteiger partial charge < -0.3 is 34.7 Å². The Morgan fingerprint density at radius 3 is 2.47 bits per heavy atom. The first kappa shape index (κ1) is 34.3. The van der Waals surface area contributed by atoms with E-state index in [2.05, 4.69) is 26.5 Å². The maximum absolute atomic E-state index is 13.5. The SMILES string of the molecule is COc1c(C)cc2c(c1O)[C@@H]1C3Cc4c(OC(C)=O)c(C)c5c(c4[C@H](CNC(=O)[C@@H](C)NC(=O)CC(C)C)N3[C@@H](C#N)[C@@H](C2)N1C)OCO5. The largest absolute Gasteiger partial charge is 0.504 e. The predicted octanol–water partition coefficient (Wildman–Crippen LogP) is 3.11. The van der Waals surface area contributed by atoms with Crippen LogP contribution >= 0.6 is 0 Å². The van der Waals surface area contributed by atoms with Crippen molar-refractivity contribution in [3.05, 3.63) is 39.4 Å². The van der Waals surface area contributed by atoms with E-state index in [9.17, 15) is 24.8 Å². The third kappa shape index (κ3) is 5.70. The molecule has 0 aliphatic carbocycles. The van der Waals surface area contributed by atoms with Crippen LogP contribution in [-0.2, 0) is 27.2 Å². The van der Waals surface area contributed by atoms with E-state index in [0.29, 0.717) is 59.0 Å². The third-order valence-electron chi connectivity index (χ3n) is 10.3. The number of nitrogens with one attached hydrogen (secondary N) is 2. The molecule has 4 aliphatic heterocycles. The fourth-order valence-corrected chi connectivity index (χ4v) is 8.40. The number of fused-ring (bicyclic) bond motifs is 9. The summed E-state index contributed by atoms with van der Waals surface area (Å²) in [6.07, 6.45) is 1.15. The maximum Gasteiger partial charge on any atom is 0.308 e. The molecule has 6 atom stereocenters. The molecule has 1 unspecified atom stereocenters. The van der Waals surface area contributed by atoms with Gasteiger partial charge in [0.25, 0.3) is 0 Å². The lowest BCUT2D eigenvalue weighted by atomic mass is 9.71. The second-order valence-corrected chi connectivity index (χ2v) is 14.0. The molecule has 0 radical (unpaired) electrons. The number of phenolic OH excluding ortho intramolecular Hbond substituents is 1. The number of hydrogen-bond donors (Lipinski definition) is 3. The highest BCUT2D eigenvalue weighted by molar-refractivity contribution is 5.87. The van der Waals surface area contributed by atoms with Crippen LogP contribution in [0.15, 0.2) is 6.07 Å². The van der Waals surface area contributed by atoms with Crippen LogP contribution in [0.3, 0.4) is 0 Å². The number of aromatic hydroxyl groups is 1. The quantitative estimate of drug-likeness (QED) is 0.278. The van der Waals surface area contributed by atoms with E-state index in [1.54, 1.807) is 6.92 Å². The van der Waals surface area contributed by atoms with Gasteiger partial charge >= 0.3 is 5.97 Å². The zero-order valence-electron chi connectivity index (χ0n) is 29.3. The molecule has 4 heterocycles. The van der Waals surface area contributed by atoms with Gasteiger partial charge in [-0.2, -0.15) is 5.26 Å². The smallest absolute Gasteiger partial charge is 0.308 e. The van der Waals surface area contributed by atoms with Gasteiger partial charge in [0.15, 0.2) is 23.0 Å². The van der Waals surface area contributed by atoms with Gasteiger partial charge in [-0.3, -0.25) is 24.2 Å². The van der Waals surface area contributed by atoms with Crippen molar-refractivity contribution in [3.63, 3.8) is 0 Å². The minimum Gasteiger partial charge on any atom is -0.504 e. The highest BCUT2D eigenvalue weighted by Crippen LogP contribution is 2.58. The van der Waals surface area contributed by atoms with Gasteiger partial charge in [-0.1, -0.05) is 19.9 Å². The molecular weight excluding hydrogens is 630 g/mol. The van der Waals surface area contributed by atoms with Crippen LogP contribution < -0.4 is 29.6 Å². The van der Waals surface area contributed by atoms with Crippen molar-refractivity contribution in [2.75, 3.05) is 27.5 Å². The number of ether oxygens (including phenoxy) is 4. The molecule has 2 aromatic rings. The number of hydrogen-bond acceptors (Lipinski definition) is 11. The van der Waals surface area contributed by atoms with Crippen molar-refractivity contribution in [2.24, 2.45) is 5.92 Å². The third-order valence-corrected chi connectivity index (χ3v) is 10.3. The molecule has 0 spiro atoms. The van der Waals surface area contributed by atoms with Crippen molar-refractivity contribution in [1.29, 1.82) is 5.26 Å². The van der Waals surface area contributed by atoms with Crippen LogP contribution in [-0.4, -0.2) is 84.4 Å². The number of methoxy groups -OCH3 is 1. The number of phenols is 1. The minimum atomic E-state index is -0.803. The molecule has 262 valence electrons. The number of aryl methyl sites for hydroxylation is 1. The summed E-state index contributed by atoms with van der Waals surface area (Å²) >= 11 is 0. The molecule has 13 nitrogen and oxygen atoms in total. The van der Waals surface area contributed by atoms with Crippen LogP contribution in [0.5, 0.6) is 28.7 Å². The van der Waals surface area contributed by atoms with Crippen molar-refractivity contribution in [3.8, 4) is 34.8 Å². The van der Waals surface area contributed by atoms with E-state index < -0.39 is 30.1 Å². The lowest BCUT2D eigenvalue weighted by Crippen LogP contribution is -2.69. The molecule has 13 heteroatoms. The Morgan fingerprint density at radius 1 is 1.10 bits per heavy atom. The number of carbonyl (C=O) groups excluding carboxylic acids is 3. The van der Waals surface area contributed by atoms with Crippen LogP contribution in [0.2, 0.25) is 0 Å². The van der Waals surface area contributed by atoms with Gasteiger partial charge in [0.2, 0.25) is 18.6 Å². The summed E-state index contributed by atoms with van der Waals surface area (Å²) in [6.45, 7) is 10.6. The lowest BCUT2D eigenvalue weighted by Gasteiger charge is -2.60. The summed E-state index contributed by atoms with van der Waals surface area (Å²) in [5.74, 6) is 0.791. The summed E-state index contributed by atoms with van der Waals surface area (Å²) in [6, 6.07) is 1.52. The van der Waals surface area contributed by atoms with E-state index in [0.717, 1.165) is 16.7 Å². The molecule has 2 bridgehead atoms. The number of carbonyl (C=O) groups is 3. The molecule has 1 fully saturated rings. The number of amides is 2. The number of nitriles is 1. The van der Waals surface area contributed by atoms with Gasteiger partial charge in [-0.05, 0) is 57.7 Å². The van der Waals surface area contributed by atoms with Gasteiger partial charge in [-0.15, -0.1) is 0 Å².